The Hall–Kier alpha value is -1.78. The highest BCUT2D eigenvalue weighted by Crippen LogP contribution is 2.16. The summed E-state index contributed by atoms with van der Waals surface area (Å²) in [7, 11) is 1.55. The second kappa shape index (κ2) is 2.37. The third kappa shape index (κ3) is 0.795. The Bertz CT molecular complexity index is 409. The van der Waals surface area contributed by atoms with E-state index in [-0.39, 0.29) is 0 Å². The van der Waals surface area contributed by atoms with Crippen molar-refractivity contribution in [2.24, 2.45) is 0 Å². The third-order valence-electron chi connectivity index (χ3n) is 1.62. The molecule has 0 aliphatic carbocycles. The zero-order valence-electron chi connectivity index (χ0n) is 6.56. The summed E-state index contributed by atoms with van der Waals surface area (Å²) in [5, 5.41) is 0. The fraction of sp³-hybridized carbons (Fsp3) is 0.143. The van der Waals surface area contributed by atoms with Crippen molar-refractivity contribution in [3.05, 3.63) is 18.6 Å². The van der Waals surface area contributed by atoms with Gasteiger partial charge in [-0.2, -0.15) is 0 Å². The number of anilines is 1. The highest BCUT2D eigenvalue weighted by Gasteiger charge is 2.05. The Balaban J connectivity index is 2.81. The highest BCUT2D eigenvalue weighted by atomic mass is 16.5. The molecular weight excluding hydrogens is 156 g/mol. The number of nitrogens with zero attached hydrogens (tertiary/aromatic N) is 3. The maximum Gasteiger partial charge on any atom is 0.258 e. The van der Waals surface area contributed by atoms with Gasteiger partial charge >= 0.3 is 0 Å². The number of fused-ring (bicyclic) bond motifs is 1. The average molecular weight is 164 g/mol. The van der Waals surface area contributed by atoms with Gasteiger partial charge in [0, 0.05) is 12.4 Å². The quantitative estimate of drug-likeness (QED) is 0.659. The van der Waals surface area contributed by atoms with Crippen molar-refractivity contribution in [3.8, 4) is 5.88 Å². The first-order valence-corrected chi connectivity index (χ1v) is 3.44. The molecular formula is C7H8N4O. The Morgan fingerprint density at radius 2 is 2.33 bits per heavy atom. The van der Waals surface area contributed by atoms with Gasteiger partial charge in [-0.15, -0.1) is 0 Å². The molecule has 0 atom stereocenters. The lowest BCUT2D eigenvalue weighted by Crippen LogP contribution is -1.96. The molecule has 0 aromatic carbocycles. The Morgan fingerprint density at radius 1 is 1.50 bits per heavy atom. The summed E-state index contributed by atoms with van der Waals surface area (Å²) in [5.41, 5.74) is 6.25. The number of nitrogens with two attached hydrogens (primary N) is 1. The number of hydrogen-bond donors (Lipinski definition) is 1. The molecule has 5 heteroatoms. The van der Waals surface area contributed by atoms with Crippen molar-refractivity contribution in [2.75, 3.05) is 12.8 Å². The van der Waals surface area contributed by atoms with Crippen LogP contribution in [0, 0.1) is 0 Å². The molecule has 0 fully saturated rings. The molecule has 0 unspecified atom stereocenters. The fourth-order valence-electron chi connectivity index (χ4n) is 1.06. The monoisotopic (exact) mass is 164 g/mol. The maximum absolute atomic E-state index is 5.62. The first kappa shape index (κ1) is 6.90. The van der Waals surface area contributed by atoms with Gasteiger partial charge in [-0.1, -0.05) is 0 Å². The molecule has 0 saturated heterocycles. The number of imidazole rings is 1. The summed E-state index contributed by atoms with van der Waals surface area (Å²) in [4.78, 5) is 8.02. The Labute approximate surface area is 68.8 Å². The smallest absolute Gasteiger partial charge is 0.258 e. The average Bonchev–Trinajstić information content (AvgIpc) is 2.48. The molecule has 0 radical (unpaired) electrons. The standard InChI is InChI=1S/C7H8N4O/c1-12-7-6-10-4-5(8)11(6)3-2-9-7/h2-4H,8H2,1H3. The van der Waals surface area contributed by atoms with Gasteiger partial charge in [-0.25, -0.2) is 9.97 Å². The lowest BCUT2D eigenvalue weighted by Gasteiger charge is -1.99. The largest absolute Gasteiger partial charge is 0.478 e. The SMILES string of the molecule is COc1nccn2c(N)cnc12. The highest BCUT2D eigenvalue weighted by molar-refractivity contribution is 5.54. The first-order chi connectivity index (χ1) is 5.83. The van der Waals surface area contributed by atoms with Gasteiger partial charge in [0.25, 0.3) is 5.88 Å². The van der Waals surface area contributed by atoms with E-state index in [1.807, 2.05) is 0 Å². The van der Waals surface area contributed by atoms with Crippen LogP contribution < -0.4 is 10.5 Å². The lowest BCUT2D eigenvalue weighted by molar-refractivity contribution is 0.400. The van der Waals surface area contributed by atoms with Gasteiger partial charge in [0.15, 0.2) is 0 Å². The van der Waals surface area contributed by atoms with Gasteiger partial charge in [-0.3, -0.25) is 4.40 Å². The van der Waals surface area contributed by atoms with Crippen molar-refractivity contribution >= 4 is 11.5 Å². The second-order valence-corrected chi connectivity index (χ2v) is 2.31. The minimum atomic E-state index is 0.481. The van der Waals surface area contributed by atoms with Crippen LogP contribution in [0.4, 0.5) is 5.82 Å². The van der Waals surface area contributed by atoms with Crippen LogP contribution in [0.1, 0.15) is 0 Å². The number of aromatic nitrogens is 3. The molecule has 62 valence electrons. The van der Waals surface area contributed by atoms with Crippen LogP contribution in [0.15, 0.2) is 18.6 Å². The number of nitrogen functional groups attached to an aromatic ring is 1. The van der Waals surface area contributed by atoms with Crippen LogP contribution in [0.25, 0.3) is 5.65 Å². The zero-order chi connectivity index (χ0) is 8.55. The van der Waals surface area contributed by atoms with Crippen LogP contribution in [-0.4, -0.2) is 21.5 Å². The van der Waals surface area contributed by atoms with Crippen molar-refractivity contribution in [1.82, 2.24) is 14.4 Å². The molecule has 5 nitrogen and oxygen atoms in total. The second-order valence-electron chi connectivity index (χ2n) is 2.31. The molecule has 0 aliphatic heterocycles. The molecule has 0 saturated carbocycles. The molecule has 0 amide bonds. The lowest BCUT2D eigenvalue weighted by atomic mass is 10.6. The molecule has 0 bridgehead atoms. The van der Waals surface area contributed by atoms with E-state index in [1.165, 1.54) is 0 Å². The summed E-state index contributed by atoms with van der Waals surface area (Å²) >= 11 is 0. The van der Waals surface area contributed by atoms with Crippen molar-refractivity contribution in [2.45, 2.75) is 0 Å². The van der Waals surface area contributed by atoms with E-state index in [2.05, 4.69) is 9.97 Å². The van der Waals surface area contributed by atoms with Gasteiger partial charge in [0.05, 0.1) is 13.3 Å². The summed E-state index contributed by atoms with van der Waals surface area (Å²) in [6.45, 7) is 0. The van der Waals surface area contributed by atoms with Crippen molar-refractivity contribution in [1.29, 1.82) is 0 Å². The predicted molar refractivity (Wildman–Crippen MR) is 44.0 cm³/mol. The molecule has 12 heavy (non-hydrogen) atoms. The topological polar surface area (TPSA) is 65.4 Å². The van der Waals surface area contributed by atoms with Gasteiger partial charge in [0.1, 0.15) is 5.82 Å². The van der Waals surface area contributed by atoms with Gasteiger partial charge in [-0.05, 0) is 0 Å². The Kier molecular flexibility index (Phi) is 1.36. The van der Waals surface area contributed by atoms with E-state index in [0.29, 0.717) is 17.3 Å². The van der Waals surface area contributed by atoms with E-state index in [1.54, 1.807) is 30.1 Å². The van der Waals surface area contributed by atoms with Gasteiger partial charge < -0.3 is 10.5 Å². The summed E-state index contributed by atoms with van der Waals surface area (Å²) in [5.74, 6) is 1.06. The first-order valence-electron chi connectivity index (χ1n) is 3.44. The van der Waals surface area contributed by atoms with Crippen LogP contribution in [0.5, 0.6) is 5.88 Å². The number of methoxy groups -OCH3 is 1. The van der Waals surface area contributed by atoms with E-state index < -0.39 is 0 Å². The summed E-state index contributed by atoms with van der Waals surface area (Å²) in [6, 6.07) is 0. The van der Waals surface area contributed by atoms with Crippen LogP contribution in [-0.2, 0) is 0 Å². The summed E-state index contributed by atoms with van der Waals surface area (Å²) in [6.07, 6.45) is 4.92. The molecule has 2 aromatic heterocycles. The minimum absolute atomic E-state index is 0.481. The number of ether oxygens (including phenoxy) is 1. The molecule has 0 aliphatic rings. The zero-order valence-corrected chi connectivity index (χ0v) is 6.56. The van der Waals surface area contributed by atoms with Crippen LogP contribution in [0.3, 0.4) is 0 Å². The summed E-state index contributed by atoms with van der Waals surface area (Å²) < 4.78 is 6.70. The van der Waals surface area contributed by atoms with E-state index in [9.17, 15) is 0 Å². The van der Waals surface area contributed by atoms with Crippen molar-refractivity contribution in [3.63, 3.8) is 0 Å². The number of hydrogen-bond acceptors (Lipinski definition) is 4. The van der Waals surface area contributed by atoms with Crippen LogP contribution in [0.2, 0.25) is 0 Å². The Morgan fingerprint density at radius 3 is 3.08 bits per heavy atom. The fourth-order valence-corrected chi connectivity index (χ4v) is 1.06. The van der Waals surface area contributed by atoms with Crippen molar-refractivity contribution < 1.29 is 4.74 Å². The molecule has 2 N–H and O–H groups in total. The number of rotatable bonds is 1. The molecule has 2 aromatic rings. The predicted octanol–water partition coefficient (Wildman–Crippen LogP) is 0.320. The molecule has 2 rings (SSSR count). The normalized spacial score (nSPS) is 10.4. The maximum atomic E-state index is 5.62. The molecule has 0 spiro atoms. The van der Waals surface area contributed by atoms with Crippen LogP contribution >= 0.6 is 0 Å². The van der Waals surface area contributed by atoms with E-state index in [0.717, 1.165) is 0 Å². The van der Waals surface area contributed by atoms with E-state index in [4.69, 9.17) is 10.5 Å². The molecule has 2 heterocycles. The van der Waals surface area contributed by atoms with Gasteiger partial charge in [0.2, 0.25) is 5.65 Å². The minimum Gasteiger partial charge on any atom is -0.478 e. The third-order valence-corrected chi connectivity index (χ3v) is 1.62. The van der Waals surface area contributed by atoms with E-state index >= 15 is 0 Å².